The zero-order valence-electron chi connectivity index (χ0n) is 20.6. The molecule has 0 aromatic heterocycles. The Morgan fingerprint density at radius 2 is 1.45 bits per heavy atom. The molecule has 0 aliphatic rings. The zero-order chi connectivity index (χ0) is 23.9. The van der Waals surface area contributed by atoms with Crippen molar-refractivity contribution >= 4 is 12.2 Å². The molecule has 0 fully saturated rings. The molecule has 0 aliphatic carbocycles. The van der Waals surface area contributed by atoms with E-state index in [2.05, 4.69) is 50.3 Å². The first-order chi connectivity index (χ1) is 16.0. The minimum absolute atomic E-state index is 0.199. The van der Waals surface area contributed by atoms with Gasteiger partial charge in [0, 0.05) is 19.3 Å². The summed E-state index contributed by atoms with van der Waals surface area (Å²) >= 11 is 0. The predicted octanol–water partition coefficient (Wildman–Crippen LogP) is 6.33. The smallest absolute Gasteiger partial charge is 0.189 e. The van der Waals surface area contributed by atoms with Gasteiger partial charge in [-0.1, -0.05) is 56.7 Å². The number of aliphatic hydroxyl groups is 1. The minimum Gasteiger partial charge on any atom is -0.467 e. The number of ether oxygens (including phenoxy) is 4. The van der Waals surface area contributed by atoms with Gasteiger partial charge in [-0.15, -0.1) is 0 Å². The first kappa shape index (κ1) is 26.9. The highest BCUT2D eigenvalue weighted by atomic mass is 16.7. The Kier molecular flexibility index (Phi) is 12.6. The monoisotopic (exact) mass is 456 g/mol. The molecule has 2 aromatic carbocycles. The Morgan fingerprint density at radius 1 is 0.818 bits per heavy atom. The highest BCUT2D eigenvalue weighted by Crippen LogP contribution is 2.25. The van der Waals surface area contributed by atoms with Crippen molar-refractivity contribution in [2.24, 2.45) is 5.92 Å². The molecule has 5 nitrogen and oxygen atoms in total. The Balaban J connectivity index is 2.01. The van der Waals surface area contributed by atoms with Crippen molar-refractivity contribution in [1.82, 2.24) is 0 Å². The quantitative estimate of drug-likeness (QED) is 0.182. The molecule has 0 heterocycles. The maximum absolute atomic E-state index is 9.96. The van der Waals surface area contributed by atoms with Gasteiger partial charge >= 0.3 is 0 Å². The zero-order valence-corrected chi connectivity index (χ0v) is 20.6. The van der Waals surface area contributed by atoms with Gasteiger partial charge in [0.1, 0.15) is 11.5 Å². The summed E-state index contributed by atoms with van der Waals surface area (Å²) in [5, 5.41) is 9.96. The normalized spacial score (nSPS) is 12.4. The Morgan fingerprint density at radius 3 is 2.06 bits per heavy atom. The summed E-state index contributed by atoms with van der Waals surface area (Å²) in [4.78, 5) is 0. The second-order valence-electron chi connectivity index (χ2n) is 8.38. The highest BCUT2D eigenvalue weighted by molar-refractivity contribution is 5.71. The second kappa shape index (κ2) is 15.5. The fourth-order valence-electron chi connectivity index (χ4n) is 3.30. The molecular weight excluding hydrogens is 416 g/mol. The number of aliphatic hydroxyl groups excluding tert-OH is 1. The van der Waals surface area contributed by atoms with E-state index in [0.717, 1.165) is 36.8 Å². The minimum atomic E-state index is -0.199. The SMILES string of the molecule is CCOCOc1cc(C=Cc2cccc(CCCCC(O)C(C)C)c2)cc(OCOCC)c1. The van der Waals surface area contributed by atoms with Crippen LogP contribution in [0.1, 0.15) is 63.6 Å². The lowest BCUT2D eigenvalue weighted by molar-refractivity contribution is 0.0182. The van der Waals surface area contributed by atoms with Crippen molar-refractivity contribution in [3.05, 3.63) is 59.2 Å². The first-order valence-electron chi connectivity index (χ1n) is 12.0. The molecule has 182 valence electrons. The van der Waals surface area contributed by atoms with Crippen molar-refractivity contribution in [2.75, 3.05) is 26.8 Å². The van der Waals surface area contributed by atoms with E-state index in [4.69, 9.17) is 18.9 Å². The third kappa shape index (κ3) is 10.9. The van der Waals surface area contributed by atoms with Crippen LogP contribution in [0.3, 0.4) is 0 Å². The van der Waals surface area contributed by atoms with Gasteiger partial charge in [-0.2, -0.15) is 0 Å². The van der Waals surface area contributed by atoms with Crippen molar-refractivity contribution < 1.29 is 24.1 Å². The number of benzene rings is 2. The summed E-state index contributed by atoms with van der Waals surface area (Å²) in [5.74, 6) is 1.70. The Hall–Kier alpha value is -2.34. The summed E-state index contributed by atoms with van der Waals surface area (Å²) in [6.45, 7) is 9.59. The van der Waals surface area contributed by atoms with Crippen LogP contribution in [0.15, 0.2) is 42.5 Å². The molecule has 1 unspecified atom stereocenters. The standard InChI is InChI=1S/C28H40O5/c1-5-30-20-32-26-17-25(18-27(19-26)33-21-31-6-2)15-14-24-12-9-11-23(16-24)10-7-8-13-28(29)22(3)4/h9,11-12,14-19,22,28-29H,5-8,10,13,20-21H2,1-4H3. The van der Waals surface area contributed by atoms with Gasteiger partial charge in [0.2, 0.25) is 0 Å². The molecule has 0 saturated carbocycles. The van der Waals surface area contributed by atoms with E-state index in [-0.39, 0.29) is 19.7 Å². The van der Waals surface area contributed by atoms with E-state index in [1.807, 2.05) is 32.0 Å². The predicted molar refractivity (Wildman–Crippen MR) is 134 cm³/mol. The molecule has 2 aromatic rings. The molecule has 1 N–H and O–H groups in total. The van der Waals surface area contributed by atoms with Crippen LogP contribution in [0.4, 0.5) is 0 Å². The average molecular weight is 457 g/mol. The summed E-state index contributed by atoms with van der Waals surface area (Å²) in [6, 6.07) is 14.3. The largest absolute Gasteiger partial charge is 0.467 e. The number of rotatable bonds is 16. The molecule has 33 heavy (non-hydrogen) atoms. The van der Waals surface area contributed by atoms with Crippen LogP contribution < -0.4 is 9.47 Å². The number of unbranched alkanes of at least 4 members (excludes halogenated alkanes) is 1. The van der Waals surface area contributed by atoms with E-state index >= 15 is 0 Å². The molecule has 0 bridgehead atoms. The topological polar surface area (TPSA) is 57.2 Å². The third-order valence-corrected chi connectivity index (χ3v) is 5.33. The highest BCUT2D eigenvalue weighted by Gasteiger charge is 2.08. The van der Waals surface area contributed by atoms with Crippen LogP contribution in [0.2, 0.25) is 0 Å². The lowest BCUT2D eigenvalue weighted by atomic mass is 9.99. The van der Waals surface area contributed by atoms with Crippen LogP contribution in [-0.2, 0) is 15.9 Å². The summed E-state index contributed by atoms with van der Waals surface area (Å²) in [5.41, 5.74) is 3.43. The molecule has 1 atom stereocenters. The molecule has 0 spiro atoms. The van der Waals surface area contributed by atoms with Gasteiger partial charge < -0.3 is 24.1 Å². The maximum Gasteiger partial charge on any atom is 0.189 e. The van der Waals surface area contributed by atoms with Crippen molar-refractivity contribution in [2.45, 2.75) is 59.5 Å². The van der Waals surface area contributed by atoms with Crippen LogP contribution in [0.25, 0.3) is 12.2 Å². The van der Waals surface area contributed by atoms with E-state index in [0.29, 0.717) is 30.6 Å². The Bertz CT molecular complexity index is 803. The number of aryl methyl sites for hydroxylation is 1. The van der Waals surface area contributed by atoms with Gasteiger partial charge in [0.15, 0.2) is 13.6 Å². The van der Waals surface area contributed by atoms with Crippen LogP contribution in [-0.4, -0.2) is 38.0 Å². The van der Waals surface area contributed by atoms with E-state index in [9.17, 15) is 5.11 Å². The molecule has 2 rings (SSSR count). The molecular formula is C28H40O5. The van der Waals surface area contributed by atoms with Gasteiger partial charge in [0.25, 0.3) is 0 Å². The second-order valence-corrected chi connectivity index (χ2v) is 8.38. The molecule has 5 heteroatoms. The van der Waals surface area contributed by atoms with Crippen molar-refractivity contribution in [3.63, 3.8) is 0 Å². The summed E-state index contributed by atoms with van der Waals surface area (Å²) in [6.07, 6.45) is 7.96. The van der Waals surface area contributed by atoms with E-state index in [1.54, 1.807) is 0 Å². The Labute approximate surface area is 199 Å². The molecule has 0 aliphatic heterocycles. The van der Waals surface area contributed by atoms with Crippen molar-refractivity contribution in [3.8, 4) is 11.5 Å². The molecule has 0 amide bonds. The first-order valence-corrected chi connectivity index (χ1v) is 12.0. The summed E-state index contributed by atoms with van der Waals surface area (Å²) in [7, 11) is 0. The van der Waals surface area contributed by atoms with E-state index in [1.165, 1.54) is 5.56 Å². The fourth-order valence-corrected chi connectivity index (χ4v) is 3.30. The van der Waals surface area contributed by atoms with Crippen LogP contribution in [0.5, 0.6) is 11.5 Å². The molecule has 0 saturated heterocycles. The van der Waals surface area contributed by atoms with E-state index < -0.39 is 0 Å². The third-order valence-electron chi connectivity index (χ3n) is 5.33. The fraction of sp³-hybridized carbons (Fsp3) is 0.500. The number of hydrogen-bond donors (Lipinski definition) is 1. The molecule has 0 radical (unpaired) electrons. The number of hydrogen-bond acceptors (Lipinski definition) is 5. The van der Waals surface area contributed by atoms with Gasteiger partial charge in [-0.05, 0) is 67.9 Å². The van der Waals surface area contributed by atoms with Gasteiger partial charge in [-0.3, -0.25) is 0 Å². The maximum atomic E-state index is 9.96. The average Bonchev–Trinajstić information content (AvgIpc) is 2.81. The lowest BCUT2D eigenvalue weighted by Gasteiger charge is -2.13. The van der Waals surface area contributed by atoms with Crippen molar-refractivity contribution in [1.29, 1.82) is 0 Å². The van der Waals surface area contributed by atoms with Gasteiger partial charge in [-0.25, -0.2) is 0 Å². The lowest BCUT2D eigenvalue weighted by Crippen LogP contribution is -2.14. The summed E-state index contributed by atoms with van der Waals surface area (Å²) < 4.78 is 22.0. The van der Waals surface area contributed by atoms with Crippen LogP contribution in [0, 0.1) is 5.92 Å². The van der Waals surface area contributed by atoms with Crippen LogP contribution >= 0.6 is 0 Å². The van der Waals surface area contributed by atoms with Gasteiger partial charge in [0.05, 0.1) is 6.10 Å².